The van der Waals surface area contributed by atoms with Crippen molar-refractivity contribution in [3.05, 3.63) is 53.6 Å². The summed E-state index contributed by atoms with van der Waals surface area (Å²) in [5, 5.41) is 9.00. The molecule has 30 heavy (non-hydrogen) atoms. The van der Waals surface area contributed by atoms with E-state index in [1.807, 2.05) is 30.3 Å². The first-order valence-electron chi connectivity index (χ1n) is 11.5. The summed E-state index contributed by atoms with van der Waals surface area (Å²) in [5.41, 5.74) is 0.938. The fourth-order valence-electron chi connectivity index (χ4n) is 3.25. The Balaban J connectivity index is 2.16. The van der Waals surface area contributed by atoms with Gasteiger partial charge in [0.2, 0.25) is 0 Å². The van der Waals surface area contributed by atoms with Crippen LogP contribution in [-0.2, 0) is 14.3 Å². The highest BCUT2D eigenvalue weighted by Gasteiger charge is 2.10. The van der Waals surface area contributed by atoms with E-state index < -0.39 is 11.9 Å². The molecule has 0 aliphatic rings. The molecule has 0 fully saturated rings. The quantitative estimate of drug-likeness (QED) is 0.130. The first-order chi connectivity index (χ1) is 14.6. The van der Waals surface area contributed by atoms with E-state index in [-0.39, 0.29) is 5.57 Å². The SMILES string of the molecule is CCCCCCCCCCCCCCOC(=O)C(C=Cc1ccccc1)=CC(=O)O. The predicted octanol–water partition coefficient (Wildman–Crippen LogP) is 6.96. The van der Waals surface area contributed by atoms with Crippen LogP contribution in [0.2, 0.25) is 0 Å². The number of rotatable bonds is 17. The number of carboxylic acid groups (broad SMARTS) is 1. The van der Waals surface area contributed by atoms with Crippen LogP contribution in [0, 0.1) is 0 Å². The first-order valence-corrected chi connectivity index (χ1v) is 11.5. The van der Waals surface area contributed by atoms with Crippen LogP contribution in [-0.4, -0.2) is 23.7 Å². The van der Waals surface area contributed by atoms with Crippen molar-refractivity contribution < 1.29 is 19.4 Å². The van der Waals surface area contributed by atoms with Gasteiger partial charge in [-0.25, -0.2) is 9.59 Å². The maximum absolute atomic E-state index is 12.2. The standard InChI is InChI=1S/C26H38O4/c1-2-3-4-5-6-7-8-9-10-11-12-16-21-30-26(29)24(22-25(27)28)20-19-23-17-14-13-15-18-23/h13-15,17-20,22H,2-12,16,21H2,1H3,(H,27,28). The highest BCUT2D eigenvalue weighted by atomic mass is 16.5. The summed E-state index contributed by atoms with van der Waals surface area (Å²) in [5.74, 6) is -1.75. The number of hydrogen-bond donors (Lipinski definition) is 1. The van der Waals surface area contributed by atoms with Crippen LogP contribution in [0.1, 0.15) is 89.5 Å². The van der Waals surface area contributed by atoms with E-state index in [9.17, 15) is 9.59 Å². The lowest BCUT2D eigenvalue weighted by Gasteiger charge is -2.06. The Morgan fingerprint density at radius 3 is 1.90 bits per heavy atom. The van der Waals surface area contributed by atoms with Gasteiger partial charge >= 0.3 is 11.9 Å². The van der Waals surface area contributed by atoms with Gasteiger partial charge in [-0.1, -0.05) is 114 Å². The maximum atomic E-state index is 12.2. The van der Waals surface area contributed by atoms with Crippen molar-refractivity contribution in [3.8, 4) is 0 Å². The number of benzene rings is 1. The van der Waals surface area contributed by atoms with Crippen LogP contribution in [0.5, 0.6) is 0 Å². The third-order valence-electron chi connectivity index (χ3n) is 5.00. The Morgan fingerprint density at radius 1 is 0.833 bits per heavy atom. The van der Waals surface area contributed by atoms with E-state index in [0.717, 1.165) is 30.9 Å². The van der Waals surface area contributed by atoms with E-state index in [1.165, 1.54) is 63.9 Å². The van der Waals surface area contributed by atoms with Crippen LogP contribution < -0.4 is 0 Å². The molecule has 166 valence electrons. The molecule has 0 radical (unpaired) electrons. The number of carbonyl (C=O) groups is 2. The van der Waals surface area contributed by atoms with E-state index in [0.29, 0.717) is 6.61 Å². The number of aliphatic carboxylic acids is 1. The molecule has 0 atom stereocenters. The minimum Gasteiger partial charge on any atom is -0.478 e. The molecule has 4 nitrogen and oxygen atoms in total. The molecule has 0 aliphatic heterocycles. The van der Waals surface area contributed by atoms with E-state index >= 15 is 0 Å². The minimum atomic E-state index is -1.16. The molecule has 0 amide bonds. The second-order valence-corrected chi connectivity index (χ2v) is 7.71. The Kier molecular flexibility index (Phi) is 15.0. The summed E-state index contributed by atoms with van der Waals surface area (Å²) < 4.78 is 5.26. The number of carbonyl (C=O) groups excluding carboxylic acids is 1. The van der Waals surface area contributed by atoms with E-state index in [1.54, 1.807) is 6.08 Å². The van der Waals surface area contributed by atoms with Crippen molar-refractivity contribution in [2.24, 2.45) is 0 Å². The number of unbranched alkanes of at least 4 members (excludes halogenated alkanes) is 11. The zero-order valence-electron chi connectivity index (χ0n) is 18.5. The molecular weight excluding hydrogens is 376 g/mol. The molecule has 1 aromatic rings. The highest BCUT2D eigenvalue weighted by molar-refractivity contribution is 5.99. The lowest BCUT2D eigenvalue weighted by Crippen LogP contribution is -2.09. The topological polar surface area (TPSA) is 63.6 Å². The van der Waals surface area contributed by atoms with Gasteiger partial charge in [0.25, 0.3) is 0 Å². The van der Waals surface area contributed by atoms with Crippen LogP contribution >= 0.6 is 0 Å². The van der Waals surface area contributed by atoms with Crippen LogP contribution in [0.3, 0.4) is 0 Å². The first kappa shape index (κ1) is 25.7. The fraction of sp³-hybridized carbons (Fsp3) is 0.538. The van der Waals surface area contributed by atoms with Crippen molar-refractivity contribution >= 4 is 18.0 Å². The van der Waals surface area contributed by atoms with Crippen LogP contribution in [0.15, 0.2) is 48.1 Å². The van der Waals surface area contributed by atoms with E-state index in [4.69, 9.17) is 9.84 Å². The average Bonchev–Trinajstić information content (AvgIpc) is 2.74. The lowest BCUT2D eigenvalue weighted by molar-refractivity contribution is -0.139. The molecule has 0 saturated heterocycles. The molecular formula is C26H38O4. The summed E-state index contributed by atoms with van der Waals surface area (Å²) in [7, 11) is 0. The van der Waals surface area contributed by atoms with E-state index in [2.05, 4.69) is 6.92 Å². The average molecular weight is 415 g/mol. The van der Waals surface area contributed by atoms with Gasteiger partial charge in [0.1, 0.15) is 0 Å². The molecule has 0 unspecified atom stereocenters. The van der Waals surface area contributed by atoms with Gasteiger partial charge in [0, 0.05) is 6.08 Å². The summed E-state index contributed by atoms with van der Waals surface area (Å²) in [6.45, 7) is 2.57. The summed E-state index contributed by atoms with van der Waals surface area (Å²) in [6, 6.07) is 9.42. The molecule has 0 aliphatic carbocycles. The molecule has 1 rings (SSSR count). The summed E-state index contributed by atoms with van der Waals surface area (Å²) in [4.78, 5) is 23.2. The summed E-state index contributed by atoms with van der Waals surface area (Å²) in [6.07, 6.45) is 19.0. The zero-order valence-corrected chi connectivity index (χ0v) is 18.5. The molecule has 0 saturated carbocycles. The summed E-state index contributed by atoms with van der Waals surface area (Å²) >= 11 is 0. The van der Waals surface area contributed by atoms with Crippen molar-refractivity contribution in [1.29, 1.82) is 0 Å². The third kappa shape index (κ3) is 13.8. The normalized spacial score (nSPS) is 11.7. The number of esters is 1. The zero-order chi connectivity index (χ0) is 21.9. The second-order valence-electron chi connectivity index (χ2n) is 7.71. The smallest absolute Gasteiger partial charge is 0.338 e. The highest BCUT2D eigenvalue weighted by Crippen LogP contribution is 2.12. The Labute approximate surface area is 182 Å². The Bertz CT molecular complexity index is 646. The third-order valence-corrected chi connectivity index (χ3v) is 5.00. The monoisotopic (exact) mass is 414 g/mol. The maximum Gasteiger partial charge on any atom is 0.338 e. The van der Waals surface area contributed by atoms with Crippen molar-refractivity contribution in [2.45, 2.75) is 84.0 Å². The molecule has 0 bridgehead atoms. The predicted molar refractivity (Wildman–Crippen MR) is 123 cm³/mol. The second kappa shape index (κ2) is 17.5. The molecule has 0 aromatic heterocycles. The van der Waals surface area contributed by atoms with Crippen molar-refractivity contribution in [2.75, 3.05) is 6.61 Å². The molecule has 1 aromatic carbocycles. The van der Waals surface area contributed by atoms with Gasteiger partial charge in [0.05, 0.1) is 12.2 Å². The van der Waals surface area contributed by atoms with Gasteiger partial charge in [-0.2, -0.15) is 0 Å². The largest absolute Gasteiger partial charge is 0.478 e. The van der Waals surface area contributed by atoms with Gasteiger partial charge in [-0.05, 0) is 18.1 Å². The number of hydrogen-bond acceptors (Lipinski definition) is 3. The van der Waals surface area contributed by atoms with Crippen LogP contribution in [0.25, 0.3) is 6.08 Å². The van der Waals surface area contributed by atoms with Gasteiger partial charge in [0.15, 0.2) is 0 Å². The minimum absolute atomic E-state index is 0.0466. The Hall–Kier alpha value is -2.36. The van der Waals surface area contributed by atoms with Crippen molar-refractivity contribution in [1.82, 2.24) is 0 Å². The lowest BCUT2D eigenvalue weighted by atomic mass is 10.1. The number of ether oxygens (including phenoxy) is 1. The van der Waals surface area contributed by atoms with Crippen molar-refractivity contribution in [3.63, 3.8) is 0 Å². The van der Waals surface area contributed by atoms with Gasteiger partial charge in [-0.3, -0.25) is 0 Å². The van der Waals surface area contributed by atoms with Gasteiger partial charge < -0.3 is 9.84 Å². The molecule has 0 heterocycles. The molecule has 0 spiro atoms. The molecule has 1 N–H and O–H groups in total. The fourth-order valence-corrected chi connectivity index (χ4v) is 3.25. The van der Waals surface area contributed by atoms with Crippen LogP contribution in [0.4, 0.5) is 0 Å². The molecule has 4 heteroatoms. The van der Waals surface area contributed by atoms with Gasteiger partial charge in [-0.15, -0.1) is 0 Å². The Morgan fingerprint density at radius 2 is 1.37 bits per heavy atom. The number of carboxylic acids is 1.